The van der Waals surface area contributed by atoms with Gasteiger partial charge in [-0.05, 0) is 55.2 Å². The van der Waals surface area contributed by atoms with Crippen LogP contribution in [0.5, 0.6) is 0 Å². The third kappa shape index (κ3) is 5.14. The molecule has 0 atom stereocenters. The van der Waals surface area contributed by atoms with Gasteiger partial charge in [0.05, 0.1) is 10.6 Å². The number of rotatable bonds is 8. The van der Waals surface area contributed by atoms with Crippen molar-refractivity contribution in [1.82, 2.24) is 0 Å². The molecule has 0 spiro atoms. The van der Waals surface area contributed by atoms with E-state index in [-0.39, 0.29) is 17.3 Å². The predicted octanol–water partition coefficient (Wildman–Crippen LogP) is 4.95. The molecule has 5 nitrogen and oxygen atoms in total. The zero-order valence-corrected chi connectivity index (χ0v) is 18.9. The first-order valence-corrected chi connectivity index (χ1v) is 11.9. The molecule has 0 saturated heterocycles. The number of para-hydroxylation sites is 2. The highest BCUT2D eigenvalue weighted by molar-refractivity contribution is 7.92. The van der Waals surface area contributed by atoms with Crippen molar-refractivity contribution in [3.05, 3.63) is 89.5 Å². The van der Waals surface area contributed by atoms with Crippen molar-refractivity contribution >= 4 is 27.3 Å². The molecule has 6 heteroatoms. The largest absolute Gasteiger partial charge is 0.324 e. The fourth-order valence-electron chi connectivity index (χ4n) is 3.46. The number of anilines is 2. The highest BCUT2D eigenvalue weighted by atomic mass is 32.2. The number of amides is 1. The third-order valence-electron chi connectivity index (χ3n) is 5.20. The van der Waals surface area contributed by atoms with Crippen molar-refractivity contribution in [2.24, 2.45) is 0 Å². The van der Waals surface area contributed by atoms with E-state index in [2.05, 4.69) is 5.32 Å². The molecule has 1 N–H and O–H groups in total. The van der Waals surface area contributed by atoms with E-state index in [9.17, 15) is 13.2 Å². The number of nitrogens with zero attached hydrogens (tertiary/aromatic N) is 1. The molecule has 3 aromatic rings. The number of aryl methyl sites for hydroxylation is 3. The maximum Gasteiger partial charge on any atom is 0.264 e. The lowest BCUT2D eigenvalue weighted by molar-refractivity contribution is -0.114. The summed E-state index contributed by atoms with van der Waals surface area (Å²) < 4.78 is 28.0. The number of benzene rings is 3. The van der Waals surface area contributed by atoms with Crippen molar-refractivity contribution in [2.45, 2.75) is 38.5 Å². The lowest BCUT2D eigenvalue weighted by Gasteiger charge is -2.25. The fourth-order valence-corrected chi connectivity index (χ4v) is 4.88. The van der Waals surface area contributed by atoms with Crippen molar-refractivity contribution in [2.75, 3.05) is 16.2 Å². The number of sulfonamides is 1. The third-order valence-corrected chi connectivity index (χ3v) is 6.99. The Morgan fingerprint density at radius 1 is 0.839 bits per heavy atom. The molecular formula is C25H28N2O3S. The van der Waals surface area contributed by atoms with Gasteiger partial charge in [0.1, 0.15) is 6.54 Å². The molecule has 0 aliphatic carbocycles. The first-order valence-electron chi connectivity index (χ1n) is 10.4. The van der Waals surface area contributed by atoms with Gasteiger partial charge in [0.15, 0.2) is 0 Å². The summed E-state index contributed by atoms with van der Waals surface area (Å²) in [7, 11) is -3.92. The molecule has 31 heavy (non-hydrogen) atoms. The second-order valence-electron chi connectivity index (χ2n) is 7.37. The van der Waals surface area contributed by atoms with Crippen molar-refractivity contribution < 1.29 is 13.2 Å². The molecule has 162 valence electrons. The fraction of sp³-hybridized carbons (Fsp3) is 0.240. The molecule has 0 radical (unpaired) electrons. The average molecular weight is 437 g/mol. The van der Waals surface area contributed by atoms with Crippen LogP contribution in [0.15, 0.2) is 77.7 Å². The summed E-state index contributed by atoms with van der Waals surface area (Å²) in [5.74, 6) is -0.380. The Morgan fingerprint density at radius 3 is 1.97 bits per heavy atom. The van der Waals surface area contributed by atoms with Gasteiger partial charge >= 0.3 is 0 Å². The molecule has 0 unspecified atom stereocenters. The van der Waals surface area contributed by atoms with E-state index in [4.69, 9.17) is 0 Å². The van der Waals surface area contributed by atoms with Crippen LogP contribution in [0.3, 0.4) is 0 Å². The minimum absolute atomic E-state index is 0.151. The number of hydrogen-bond donors (Lipinski definition) is 1. The van der Waals surface area contributed by atoms with E-state index in [1.165, 1.54) is 0 Å². The lowest BCUT2D eigenvalue weighted by Crippen LogP contribution is -2.38. The molecule has 3 aromatic carbocycles. The molecule has 0 saturated carbocycles. The summed E-state index contributed by atoms with van der Waals surface area (Å²) in [5.41, 5.74) is 4.24. The molecular weight excluding hydrogens is 408 g/mol. The van der Waals surface area contributed by atoms with E-state index in [0.29, 0.717) is 5.69 Å². The number of hydrogen-bond acceptors (Lipinski definition) is 3. The maximum absolute atomic E-state index is 13.4. The lowest BCUT2D eigenvalue weighted by atomic mass is 10.0. The first kappa shape index (κ1) is 22.6. The van der Waals surface area contributed by atoms with Crippen LogP contribution in [0.1, 0.15) is 30.5 Å². The molecule has 0 aromatic heterocycles. The van der Waals surface area contributed by atoms with Gasteiger partial charge in [-0.1, -0.05) is 67.9 Å². The van der Waals surface area contributed by atoms with Gasteiger partial charge in [-0.3, -0.25) is 9.10 Å². The van der Waals surface area contributed by atoms with Gasteiger partial charge in [0, 0.05) is 5.69 Å². The Balaban J connectivity index is 1.95. The standard InChI is InChI=1S/C25H28N2O3S/c1-4-20-10-9-11-21(5-2)25(20)26-24(28)18-27(22-12-7-6-8-13-22)31(29,30)23-16-14-19(3)15-17-23/h6-17H,4-5,18H2,1-3H3,(H,26,28). The number of carbonyl (C=O) groups is 1. The number of nitrogens with one attached hydrogen (secondary N) is 1. The predicted molar refractivity (Wildman–Crippen MR) is 126 cm³/mol. The zero-order chi connectivity index (χ0) is 22.4. The summed E-state index contributed by atoms with van der Waals surface area (Å²) in [5, 5.41) is 2.97. The van der Waals surface area contributed by atoms with Crippen molar-refractivity contribution in [3.63, 3.8) is 0 Å². The van der Waals surface area contributed by atoms with Gasteiger partial charge in [-0.25, -0.2) is 8.42 Å². The molecule has 0 heterocycles. The summed E-state index contributed by atoms with van der Waals surface area (Å²) in [6.45, 7) is 5.64. The SMILES string of the molecule is CCc1cccc(CC)c1NC(=O)CN(c1ccccc1)S(=O)(=O)c1ccc(C)cc1. The van der Waals surface area contributed by atoms with E-state index < -0.39 is 10.0 Å². The molecule has 0 fully saturated rings. The van der Waals surface area contributed by atoms with E-state index in [1.54, 1.807) is 48.5 Å². The van der Waals surface area contributed by atoms with Crippen LogP contribution in [0.4, 0.5) is 11.4 Å². The Bertz CT molecular complexity index is 1120. The number of carbonyl (C=O) groups excluding carboxylic acids is 1. The Hall–Kier alpha value is -3.12. The normalized spacial score (nSPS) is 11.2. The van der Waals surface area contributed by atoms with Crippen LogP contribution < -0.4 is 9.62 Å². The monoisotopic (exact) mass is 436 g/mol. The zero-order valence-electron chi connectivity index (χ0n) is 18.1. The van der Waals surface area contributed by atoms with Crippen molar-refractivity contribution in [1.29, 1.82) is 0 Å². The minimum Gasteiger partial charge on any atom is -0.324 e. The van der Waals surface area contributed by atoms with Crippen LogP contribution in [0.2, 0.25) is 0 Å². The van der Waals surface area contributed by atoms with Gasteiger partial charge in [0.25, 0.3) is 10.0 Å². The van der Waals surface area contributed by atoms with E-state index in [1.807, 2.05) is 45.0 Å². The summed E-state index contributed by atoms with van der Waals surface area (Å²) >= 11 is 0. The second kappa shape index (κ2) is 9.79. The Labute approximate surface area is 184 Å². The van der Waals surface area contributed by atoms with Crippen LogP contribution in [-0.4, -0.2) is 20.9 Å². The summed E-state index contributed by atoms with van der Waals surface area (Å²) in [6, 6.07) is 21.3. The topological polar surface area (TPSA) is 66.5 Å². The molecule has 0 aliphatic heterocycles. The van der Waals surface area contributed by atoms with Crippen molar-refractivity contribution in [3.8, 4) is 0 Å². The average Bonchev–Trinajstić information content (AvgIpc) is 2.78. The van der Waals surface area contributed by atoms with Gasteiger partial charge in [-0.15, -0.1) is 0 Å². The smallest absolute Gasteiger partial charge is 0.264 e. The summed E-state index contributed by atoms with van der Waals surface area (Å²) in [4.78, 5) is 13.2. The first-order chi connectivity index (χ1) is 14.9. The highest BCUT2D eigenvalue weighted by Crippen LogP contribution is 2.26. The van der Waals surface area contributed by atoms with Gasteiger partial charge < -0.3 is 5.32 Å². The van der Waals surface area contributed by atoms with Crippen LogP contribution in [-0.2, 0) is 27.7 Å². The Morgan fingerprint density at radius 2 is 1.42 bits per heavy atom. The molecule has 3 rings (SSSR count). The van der Waals surface area contributed by atoms with Crippen LogP contribution in [0, 0.1) is 6.92 Å². The van der Waals surface area contributed by atoms with E-state index in [0.717, 1.165) is 39.5 Å². The quantitative estimate of drug-likeness (QED) is 0.543. The van der Waals surface area contributed by atoms with Crippen LogP contribution >= 0.6 is 0 Å². The molecule has 0 bridgehead atoms. The summed E-state index contributed by atoms with van der Waals surface area (Å²) in [6.07, 6.45) is 1.54. The Kier molecular flexibility index (Phi) is 7.13. The second-order valence-corrected chi connectivity index (χ2v) is 9.23. The highest BCUT2D eigenvalue weighted by Gasteiger charge is 2.27. The minimum atomic E-state index is -3.92. The maximum atomic E-state index is 13.4. The van der Waals surface area contributed by atoms with Gasteiger partial charge in [0.2, 0.25) is 5.91 Å². The van der Waals surface area contributed by atoms with Gasteiger partial charge in [-0.2, -0.15) is 0 Å². The van der Waals surface area contributed by atoms with Crippen LogP contribution in [0.25, 0.3) is 0 Å². The van der Waals surface area contributed by atoms with E-state index >= 15 is 0 Å². The molecule has 0 aliphatic rings. The molecule has 1 amide bonds.